The van der Waals surface area contributed by atoms with Gasteiger partial charge in [-0.15, -0.1) is 0 Å². The van der Waals surface area contributed by atoms with Crippen molar-refractivity contribution in [2.75, 3.05) is 105 Å². The van der Waals surface area contributed by atoms with E-state index in [0.29, 0.717) is 11.5 Å². The molecule has 0 saturated carbocycles. The molecule has 0 heterocycles. The molecule has 0 aliphatic carbocycles. The van der Waals surface area contributed by atoms with E-state index < -0.39 is 37.7 Å². The summed E-state index contributed by atoms with van der Waals surface area (Å²) in [5.74, 6) is 2.99. The third kappa shape index (κ3) is 97.3. The summed E-state index contributed by atoms with van der Waals surface area (Å²) in [5, 5.41) is 113. The predicted molar refractivity (Wildman–Crippen MR) is 306 cm³/mol. The van der Waals surface area contributed by atoms with E-state index in [-0.39, 0.29) is 93.4 Å². The van der Waals surface area contributed by atoms with E-state index in [0.717, 1.165) is 123 Å². The van der Waals surface area contributed by atoms with Crippen molar-refractivity contribution in [1.82, 2.24) is 19.6 Å². The normalized spacial score (nSPS) is 10.0. The first kappa shape index (κ1) is 110. The number of aliphatic imine (C=N–C) groups is 2. The van der Waals surface area contributed by atoms with Crippen LogP contribution in [0.4, 0.5) is 0 Å². The molecular weight excluding hydrogens is 1300 g/mol. The Morgan fingerprint density at radius 1 is 0.468 bits per heavy atom. The van der Waals surface area contributed by atoms with E-state index in [9.17, 15) is 10.2 Å². The van der Waals surface area contributed by atoms with E-state index in [4.69, 9.17) is 61.3 Å². The van der Waals surface area contributed by atoms with Gasteiger partial charge in [-0.25, -0.2) is 0 Å². The van der Waals surface area contributed by atoms with Crippen molar-refractivity contribution in [2.45, 2.75) is 133 Å². The Balaban J connectivity index is -0.0000000668. The maximum atomic E-state index is 10.6. The van der Waals surface area contributed by atoms with Crippen LogP contribution in [0, 0.1) is 13.8 Å². The molecule has 0 aliphatic heterocycles. The molecule has 2 aromatic rings. The van der Waals surface area contributed by atoms with Crippen molar-refractivity contribution in [3.05, 3.63) is 57.6 Å². The number of benzene rings is 2. The SMILES string of the molecule is CC(O)O.CC(O)O.CC(O)O.CC(O)O.CC(O)O.CC(O)O.CCN(CCN(C)C)Cc1cc(C)cc(C=NCCCSC)c1O.CCN(CCN(C)C)Cc1cc(C)cc(C=NCCCSC)c1O.O.O.[Ni+2].[Ni+2].[Ni].[Ni].[Ni]. The van der Waals surface area contributed by atoms with E-state index in [1.54, 1.807) is 0 Å². The van der Waals surface area contributed by atoms with Crippen LogP contribution in [-0.4, -0.2) is 257 Å². The molecule has 79 heavy (non-hydrogen) atoms. The Kier molecular flexibility index (Phi) is 106. The van der Waals surface area contributed by atoms with E-state index in [1.165, 1.54) is 41.5 Å². The van der Waals surface area contributed by atoms with Gasteiger partial charge in [0.2, 0.25) is 0 Å². The van der Waals surface area contributed by atoms with Gasteiger partial charge in [0.1, 0.15) is 49.2 Å². The van der Waals surface area contributed by atoms with Gasteiger partial charge in [0, 0.05) is 137 Å². The zero-order valence-corrected chi connectivity index (χ0v) is 55.7. The summed E-state index contributed by atoms with van der Waals surface area (Å²) in [4.78, 5) is 18.0. The zero-order valence-electron chi connectivity index (χ0n) is 49.2. The molecular formula is C50H106N6Ni5O16S2+4. The Bertz CT molecular complexity index is 1420. The third-order valence-electron chi connectivity index (χ3n) is 7.87. The maximum absolute atomic E-state index is 10.6. The number of thioether (sulfide) groups is 2. The molecule has 2 rings (SSSR count). The van der Waals surface area contributed by atoms with Gasteiger partial charge in [-0.05, 0) is 157 Å². The Morgan fingerprint density at radius 2 is 0.696 bits per heavy atom. The van der Waals surface area contributed by atoms with Gasteiger partial charge in [-0.1, -0.05) is 26.0 Å². The summed E-state index contributed by atoms with van der Waals surface area (Å²) >= 11 is 3.68. The molecule has 18 N–H and O–H groups in total. The monoisotopic (exact) mass is 1400 g/mol. The van der Waals surface area contributed by atoms with Gasteiger partial charge in [-0.2, -0.15) is 23.5 Å². The molecule has 0 radical (unpaired) electrons. The molecule has 0 bridgehead atoms. The number of aryl methyl sites for hydroxylation is 2. The number of phenols is 2. The fourth-order valence-corrected chi connectivity index (χ4v) is 5.83. The van der Waals surface area contributed by atoms with Gasteiger partial charge >= 0.3 is 33.0 Å². The van der Waals surface area contributed by atoms with Crippen molar-refractivity contribution >= 4 is 36.0 Å². The molecule has 0 atom stereocenters. The van der Waals surface area contributed by atoms with Gasteiger partial charge in [0.05, 0.1) is 0 Å². The number of aliphatic hydroxyl groups is 12. The van der Waals surface area contributed by atoms with Crippen molar-refractivity contribution in [1.29, 1.82) is 0 Å². The number of phenolic OH excluding ortho intramolecular Hbond substituents is 2. The molecule has 29 heteroatoms. The first-order valence-corrected chi connectivity index (χ1v) is 26.7. The quantitative estimate of drug-likeness (QED) is 0.0335. The predicted octanol–water partition coefficient (Wildman–Crippen LogP) is 0.752. The average molecular weight is 1410 g/mol. The van der Waals surface area contributed by atoms with Crippen LogP contribution in [-0.2, 0) is 95.5 Å². The molecule has 0 fully saturated rings. The number of hydrogen-bond donors (Lipinski definition) is 14. The summed E-state index contributed by atoms with van der Waals surface area (Å²) < 4.78 is 0. The standard InChI is InChI=1S/2C19H33N3OS.6C2H6O2.5Ni.2H2O/c2*1-6-22(10-9-21(3)4)15-18-13-16(2)12-17(19(18)23)14-20-8-7-11-24-5;6*1-2(3)4;;;;;;;/h2*12-14,23H,6-11,15H2,1-5H3;6*2-4H,1H3;;;;;;2*1H2/q;;;;;;;;;;;2*+2;;. The van der Waals surface area contributed by atoms with Crippen LogP contribution in [0.2, 0.25) is 0 Å². The number of aliphatic hydroxyl groups excluding tert-OH is 6. The molecule has 0 aliphatic rings. The summed E-state index contributed by atoms with van der Waals surface area (Å²) in [7, 11) is 8.35. The van der Waals surface area contributed by atoms with Crippen molar-refractivity contribution in [2.24, 2.45) is 9.98 Å². The molecule has 0 amide bonds. The number of nitrogens with zero attached hydrogens (tertiary/aromatic N) is 6. The zero-order chi connectivity index (χ0) is 57.4. The summed E-state index contributed by atoms with van der Waals surface area (Å²) in [6.07, 6.45) is 3.01. The minimum Gasteiger partial charge on any atom is -0.507 e. The van der Waals surface area contributed by atoms with Crippen molar-refractivity contribution in [3.63, 3.8) is 0 Å². The molecule has 490 valence electrons. The van der Waals surface area contributed by atoms with Crippen LogP contribution in [0.25, 0.3) is 0 Å². The topological polar surface area (TPSA) is 384 Å². The summed E-state index contributed by atoms with van der Waals surface area (Å²) in [6.45, 7) is 25.3. The van der Waals surface area contributed by atoms with Crippen LogP contribution in [0.3, 0.4) is 0 Å². The summed E-state index contributed by atoms with van der Waals surface area (Å²) in [5.41, 5.74) is 5.96. The van der Waals surface area contributed by atoms with Gasteiger partial charge < -0.3 is 92.2 Å². The molecule has 22 nitrogen and oxygen atoms in total. The number of aromatic hydroxyl groups is 2. The Labute approximate surface area is 533 Å². The second kappa shape index (κ2) is 75.8. The Morgan fingerprint density at radius 3 is 0.886 bits per heavy atom. The number of likely N-dealkylation sites (N-methyl/N-ethyl adjacent to an activating group) is 4. The number of rotatable bonds is 22. The summed E-state index contributed by atoms with van der Waals surface area (Å²) in [6, 6.07) is 8.18. The van der Waals surface area contributed by atoms with E-state index in [1.807, 2.05) is 48.1 Å². The van der Waals surface area contributed by atoms with Gasteiger partial charge in [-0.3, -0.25) is 19.8 Å². The van der Waals surface area contributed by atoms with Crippen molar-refractivity contribution in [3.8, 4) is 11.5 Å². The smallest absolute Gasteiger partial charge is 0.507 e. The van der Waals surface area contributed by atoms with E-state index in [2.05, 4.69) is 110 Å². The molecule has 2 aromatic carbocycles. The van der Waals surface area contributed by atoms with Crippen LogP contribution < -0.4 is 0 Å². The molecule has 0 unspecified atom stereocenters. The van der Waals surface area contributed by atoms with E-state index >= 15 is 0 Å². The fraction of sp³-hybridized carbons (Fsp3) is 0.720. The Hall–Kier alpha value is -0.172. The second-order valence-corrected chi connectivity index (χ2v) is 18.6. The molecule has 0 saturated heterocycles. The number of hydrogen-bond acceptors (Lipinski definition) is 22. The average Bonchev–Trinajstić information content (AvgIpc) is 3.22. The minimum absolute atomic E-state index is 0. The van der Waals surface area contributed by atoms with Gasteiger partial charge in [0.25, 0.3) is 0 Å². The minimum atomic E-state index is -1.17. The second-order valence-electron chi connectivity index (χ2n) is 16.6. The van der Waals surface area contributed by atoms with Crippen LogP contribution in [0.15, 0.2) is 34.3 Å². The van der Waals surface area contributed by atoms with Crippen molar-refractivity contribution < 1.29 is 165 Å². The molecule has 0 aromatic heterocycles. The first-order chi connectivity index (χ1) is 33.3. The first-order valence-electron chi connectivity index (χ1n) is 23.9. The van der Waals surface area contributed by atoms with Crippen LogP contribution in [0.1, 0.15) is 102 Å². The van der Waals surface area contributed by atoms with Crippen LogP contribution >= 0.6 is 23.5 Å². The molecule has 0 spiro atoms. The third-order valence-corrected chi connectivity index (χ3v) is 9.26. The largest absolute Gasteiger partial charge is 2.00 e. The van der Waals surface area contributed by atoms with Crippen LogP contribution in [0.5, 0.6) is 11.5 Å². The van der Waals surface area contributed by atoms with Gasteiger partial charge in [0.15, 0.2) is 0 Å². The maximum Gasteiger partial charge on any atom is 2.00 e. The fourth-order valence-electron chi connectivity index (χ4n) is 4.99.